The van der Waals surface area contributed by atoms with Crippen molar-refractivity contribution >= 4 is 39.5 Å². The summed E-state index contributed by atoms with van der Waals surface area (Å²) in [6, 6.07) is 15.3. The van der Waals surface area contributed by atoms with Crippen molar-refractivity contribution in [2.24, 2.45) is 0 Å². The van der Waals surface area contributed by atoms with E-state index in [0.717, 1.165) is 20.4 Å². The van der Waals surface area contributed by atoms with Crippen LogP contribution in [0.15, 0.2) is 48.5 Å². The van der Waals surface area contributed by atoms with Gasteiger partial charge in [0.05, 0.1) is 17.6 Å². The average Bonchev–Trinajstić information content (AvgIpc) is 2.97. The van der Waals surface area contributed by atoms with Crippen LogP contribution in [0.25, 0.3) is 11.0 Å². The van der Waals surface area contributed by atoms with Gasteiger partial charge in [-0.1, -0.05) is 12.1 Å². The third-order valence-corrected chi connectivity index (χ3v) is 4.08. The van der Waals surface area contributed by atoms with Crippen LogP contribution < -0.4 is 10.1 Å². The maximum atomic E-state index is 12.1. The summed E-state index contributed by atoms with van der Waals surface area (Å²) in [5, 5.41) is 2.83. The monoisotopic (exact) mass is 421 g/mol. The van der Waals surface area contributed by atoms with Crippen LogP contribution in [-0.2, 0) is 11.3 Å². The molecule has 1 heterocycles. The molecule has 6 heteroatoms. The maximum absolute atomic E-state index is 12.1. The van der Waals surface area contributed by atoms with Gasteiger partial charge in [-0.05, 0) is 65.9 Å². The fourth-order valence-electron chi connectivity index (χ4n) is 2.17. The van der Waals surface area contributed by atoms with Gasteiger partial charge >= 0.3 is 0 Å². The molecule has 0 aliphatic heterocycles. The summed E-state index contributed by atoms with van der Waals surface area (Å²) in [4.78, 5) is 19.7. The zero-order valence-electron chi connectivity index (χ0n) is 12.5. The molecule has 118 valence electrons. The Morgan fingerprint density at radius 2 is 2.00 bits per heavy atom. The molecule has 0 bridgehead atoms. The molecule has 0 unspecified atom stereocenters. The average molecular weight is 421 g/mol. The Labute approximate surface area is 147 Å². The second kappa shape index (κ2) is 6.99. The molecule has 2 N–H and O–H groups in total. The van der Waals surface area contributed by atoms with Gasteiger partial charge in [0.15, 0.2) is 6.10 Å². The number of aromatic nitrogens is 2. The van der Waals surface area contributed by atoms with Gasteiger partial charge in [-0.3, -0.25) is 4.79 Å². The molecule has 2 aromatic carbocycles. The van der Waals surface area contributed by atoms with Gasteiger partial charge in [0.1, 0.15) is 11.6 Å². The highest BCUT2D eigenvalue weighted by molar-refractivity contribution is 14.1. The molecule has 3 rings (SSSR count). The topological polar surface area (TPSA) is 67.0 Å². The summed E-state index contributed by atoms with van der Waals surface area (Å²) in [7, 11) is 0. The Kier molecular flexibility index (Phi) is 4.80. The highest BCUT2D eigenvalue weighted by Gasteiger charge is 2.15. The summed E-state index contributed by atoms with van der Waals surface area (Å²) >= 11 is 2.22. The molecule has 0 aliphatic rings. The Morgan fingerprint density at radius 1 is 1.26 bits per heavy atom. The predicted octanol–water partition coefficient (Wildman–Crippen LogP) is 3.25. The number of imidazole rings is 1. The van der Waals surface area contributed by atoms with Crippen LogP contribution in [-0.4, -0.2) is 22.0 Å². The number of fused-ring (bicyclic) bond motifs is 1. The first-order valence-corrected chi connectivity index (χ1v) is 8.33. The minimum Gasteiger partial charge on any atom is -0.481 e. The number of aromatic amines is 1. The molecule has 0 fully saturated rings. The standard InChI is InChI=1S/C17H16IN3O2/c1-11(23-13-8-6-12(18)7-9-13)17(22)19-10-16-20-14-4-2-3-5-15(14)21-16/h2-9,11H,10H2,1H3,(H,19,22)(H,20,21)/t11-/m0/s1. The van der Waals surface area contributed by atoms with Gasteiger partial charge in [0.25, 0.3) is 5.91 Å². The Hall–Kier alpha value is -2.09. The van der Waals surface area contributed by atoms with Gasteiger partial charge in [0, 0.05) is 3.57 Å². The number of halogens is 1. The molecule has 1 aromatic heterocycles. The minimum absolute atomic E-state index is 0.177. The molecule has 0 saturated heterocycles. The minimum atomic E-state index is -0.570. The number of benzene rings is 2. The number of hydrogen-bond donors (Lipinski definition) is 2. The van der Waals surface area contributed by atoms with Gasteiger partial charge < -0.3 is 15.0 Å². The lowest BCUT2D eigenvalue weighted by atomic mass is 10.3. The van der Waals surface area contributed by atoms with Gasteiger partial charge in [-0.15, -0.1) is 0 Å². The Bertz CT molecular complexity index is 781. The number of nitrogens with zero attached hydrogens (tertiary/aromatic N) is 1. The van der Waals surface area contributed by atoms with Crippen LogP contribution in [0.5, 0.6) is 5.75 Å². The third kappa shape index (κ3) is 4.01. The number of H-pyrrole nitrogens is 1. The van der Waals surface area contributed by atoms with Gasteiger partial charge in [-0.25, -0.2) is 4.98 Å². The van der Waals surface area contributed by atoms with Crippen molar-refractivity contribution in [2.45, 2.75) is 19.6 Å². The number of carbonyl (C=O) groups is 1. The van der Waals surface area contributed by atoms with Crippen molar-refractivity contribution < 1.29 is 9.53 Å². The molecule has 0 saturated carbocycles. The van der Waals surface area contributed by atoms with Crippen LogP contribution in [0.1, 0.15) is 12.7 Å². The number of para-hydroxylation sites is 2. The Morgan fingerprint density at radius 3 is 2.74 bits per heavy atom. The van der Waals surface area contributed by atoms with Crippen molar-refractivity contribution in [1.82, 2.24) is 15.3 Å². The first-order chi connectivity index (χ1) is 11.1. The fourth-order valence-corrected chi connectivity index (χ4v) is 2.53. The van der Waals surface area contributed by atoms with E-state index in [9.17, 15) is 4.79 Å². The van der Waals surface area contributed by atoms with E-state index in [1.165, 1.54) is 0 Å². The number of rotatable bonds is 5. The zero-order chi connectivity index (χ0) is 16.2. The third-order valence-electron chi connectivity index (χ3n) is 3.36. The molecular weight excluding hydrogens is 405 g/mol. The van der Waals surface area contributed by atoms with E-state index in [4.69, 9.17) is 4.74 Å². The smallest absolute Gasteiger partial charge is 0.261 e. The second-order valence-corrected chi connectivity index (χ2v) is 6.38. The second-order valence-electron chi connectivity index (χ2n) is 5.13. The molecular formula is C17H16IN3O2. The predicted molar refractivity (Wildman–Crippen MR) is 97.2 cm³/mol. The van der Waals surface area contributed by atoms with Crippen LogP contribution in [0.3, 0.4) is 0 Å². The first-order valence-electron chi connectivity index (χ1n) is 7.25. The van der Waals surface area contributed by atoms with Crippen LogP contribution in [0.2, 0.25) is 0 Å². The van der Waals surface area contributed by atoms with Crippen molar-refractivity contribution in [1.29, 1.82) is 0 Å². The van der Waals surface area contributed by atoms with Crippen LogP contribution >= 0.6 is 22.6 Å². The lowest BCUT2D eigenvalue weighted by Crippen LogP contribution is -2.36. The summed E-state index contributed by atoms with van der Waals surface area (Å²) in [6.45, 7) is 2.07. The highest BCUT2D eigenvalue weighted by Crippen LogP contribution is 2.15. The van der Waals surface area contributed by atoms with Gasteiger partial charge in [-0.2, -0.15) is 0 Å². The number of nitrogens with one attached hydrogen (secondary N) is 2. The summed E-state index contributed by atoms with van der Waals surface area (Å²) in [6.07, 6.45) is -0.570. The summed E-state index contributed by atoms with van der Waals surface area (Å²) in [5.41, 5.74) is 1.85. The van der Waals surface area contributed by atoms with E-state index in [2.05, 4.69) is 37.9 Å². The largest absolute Gasteiger partial charge is 0.481 e. The number of amides is 1. The molecule has 0 spiro atoms. The lowest BCUT2D eigenvalue weighted by molar-refractivity contribution is -0.127. The SMILES string of the molecule is C[C@H](Oc1ccc(I)cc1)C(=O)NCc1nc2ccccc2[nH]1. The van der Waals surface area contributed by atoms with E-state index < -0.39 is 6.10 Å². The van der Waals surface area contributed by atoms with E-state index in [1.807, 2.05) is 48.5 Å². The highest BCUT2D eigenvalue weighted by atomic mass is 127. The lowest BCUT2D eigenvalue weighted by Gasteiger charge is -2.14. The molecule has 23 heavy (non-hydrogen) atoms. The molecule has 1 atom stereocenters. The summed E-state index contributed by atoms with van der Waals surface area (Å²) < 4.78 is 6.75. The van der Waals surface area contributed by atoms with E-state index >= 15 is 0 Å². The fraction of sp³-hybridized carbons (Fsp3) is 0.176. The van der Waals surface area contributed by atoms with Crippen molar-refractivity contribution in [3.05, 3.63) is 57.9 Å². The number of carbonyl (C=O) groups excluding carboxylic acids is 1. The number of ether oxygens (including phenoxy) is 1. The maximum Gasteiger partial charge on any atom is 0.261 e. The normalized spacial score (nSPS) is 12.1. The molecule has 5 nitrogen and oxygen atoms in total. The quantitative estimate of drug-likeness (QED) is 0.622. The van der Waals surface area contributed by atoms with Crippen molar-refractivity contribution in [2.75, 3.05) is 0 Å². The van der Waals surface area contributed by atoms with Crippen molar-refractivity contribution in [3.63, 3.8) is 0 Å². The molecule has 1 amide bonds. The first kappa shape index (κ1) is 15.8. The molecule has 0 radical (unpaired) electrons. The van der Waals surface area contributed by atoms with Crippen LogP contribution in [0, 0.1) is 3.57 Å². The van der Waals surface area contributed by atoms with E-state index in [1.54, 1.807) is 6.92 Å². The number of hydrogen-bond acceptors (Lipinski definition) is 3. The Balaban J connectivity index is 1.56. The van der Waals surface area contributed by atoms with Crippen molar-refractivity contribution in [3.8, 4) is 5.75 Å². The molecule has 3 aromatic rings. The van der Waals surface area contributed by atoms with E-state index in [0.29, 0.717) is 12.3 Å². The van der Waals surface area contributed by atoms with Crippen LogP contribution in [0.4, 0.5) is 0 Å². The molecule has 0 aliphatic carbocycles. The zero-order valence-corrected chi connectivity index (χ0v) is 14.7. The van der Waals surface area contributed by atoms with E-state index in [-0.39, 0.29) is 5.91 Å². The van der Waals surface area contributed by atoms with Gasteiger partial charge in [0.2, 0.25) is 0 Å². The summed E-state index contributed by atoms with van der Waals surface area (Å²) in [5.74, 6) is 1.22.